The molecule has 0 N–H and O–H groups in total. The molecule has 0 radical (unpaired) electrons. The van der Waals surface area contributed by atoms with Gasteiger partial charge in [-0.25, -0.2) is 18.4 Å². The Morgan fingerprint density at radius 1 is 1.08 bits per heavy atom. The van der Waals surface area contributed by atoms with Gasteiger partial charge in [0, 0.05) is 50.5 Å². The molecule has 1 aliphatic rings. The number of anilines is 2. The van der Waals surface area contributed by atoms with E-state index in [0.29, 0.717) is 10.9 Å². The van der Waals surface area contributed by atoms with Gasteiger partial charge in [0.1, 0.15) is 0 Å². The number of sulfone groups is 1. The highest BCUT2D eigenvalue weighted by atomic mass is 32.2. The largest absolute Gasteiger partial charge is 0.371 e. The van der Waals surface area contributed by atoms with Crippen LogP contribution in [0.15, 0.2) is 41.6 Å². The number of hydrogen-bond donors (Lipinski definition) is 0. The second-order valence-electron chi connectivity index (χ2n) is 6.66. The quantitative estimate of drug-likeness (QED) is 0.833. The zero-order valence-electron chi connectivity index (χ0n) is 14.9. The minimum absolute atomic E-state index is 0.363. The molecule has 1 aromatic carbocycles. The lowest BCUT2D eigenvalue weighted by atomic mass is 10.0. The number of piperidine rings is 1. The molecule has 25 heavy (non-hydrogen) atoms. The van der Waals surface area contributed by atoms with Gasteiger partial charge >= 0.3 is 0 Å². The average Bonchev–Trinajstić information content (AvgIpc) is 2.61. The van der Waals surface area contributed by atoms with Gasteiger partial charge in [-0.05, 0) is 49.6 Å². The normalized spacial score (nSPS) is 16.0. The Kier molecular flexibility index (Phi) is 4.94. The van der Waals surface area contributed by atoms with Gasteiger partial charge in [-0.3, -0.25) is 0 Å². The van der Waals surface area contributed by atoms with Crippen LogP contribution in [0, 0.1) is 6.92 Å². The number of hydrogen-bond acceptors (Lipinski definition) is 6. The summed E-state index contributed by atoms with van der Waals surface area (Å²) in [5.41, 5.74) is 2.13. The molecule has 0 spiro atoms. The van der Waals surface area contributed by atoms with Crippen LogP contribution in [-0.4, -0.2) is 50.8 Å². The molecule has 3 rings (SSSR count). The molecular weight excluding hydrogens is 336 g/mol. The first-order valence-corrected chi connectivity index (χ1v) is 10.3. The zero-order chi connectivity index (χ0) is 18.0. The van der Waals surface area contributed by atoms with E-state index in [-0.39, 0.29) is 0 Å². The standard InChI is InChI=1S/C18H24N4O2S/c1-14-12-19-18(20-13-14)21(2)15-8-10-22(11-9-15)16-4-6-17(7-5-16)25(3,23)24/h4-7,12-13,15H,8-11H2,1-3H3. The van der Waals surface area contributed by atoms with Crippen LogP contribution in [0.3, 0.4) is 0 Å². The Morgan fingerprint density at radius 2 is 1.64 bits per heavy atom. The predicted molar refractivity (Wildman–Crippen MR) is 100.0 cm³/mol. The second-order valence-corrected chi connectivity index (χ2v) is 8.67. The van der Waals surface area contributed by atoms with Crippen LogP contribution in [0.4, 0.5) is 11.6 Å². The molecule has 134 valence electrons. The number of aromatic nitrogens is 2. The van der Waals surface area contributed by atoms with E-state index in [2.05, 4.69) is 19.8 Å². The smallest absolute Gasteiger partial charge is 0.225 e. The summed E-state index contributed by atoms with van der Waals surface area (Å²) in [7, 11) is -1.10. The molecule has 7 heteroatoms. The predicted octanol–water partition coefficient (Wildman–Crippen LogP) is 2.29. The van der Waals surface area contributed by atoms with Crippen LogP contribution in [0.25, 0.3) is 0 Å². The highest BCUT2D eigenvalue weighted by Crippen LogP contribution is 2.24. The van der Waals surface area contributed by atoms with Crippen molar-refractivity contribution in [3.8, 4) is 0 Å². The molecule has 0 bridgehead atoms. The Labute approximate surface area is 149 Å². The van der Waals surface area contributed by atoms with Crippen molar-refractivity contribution in [2.45, 2.75) is 30.7 Å². The van der Waals surface area contributed by atoms with Crippen LogP contribution >= 0.6 is 0 Å². The molecule has 2 heterocycles. The molecule has 6 nitrogen and oxygen atoms in total. The van der Waals surface area contributed by atoms with Crippen molar-refractivity contribution in [2.75, 3.05) is 36.2 Å². The Balaban J connectivity index is 1.62. The molecule has 0 atom stereocenters. The van der Waals surface area contributed by atoms with Crippen molar-refractivity contribution in [1.82, 2.24) is 9.97 Å². The maximum absolute atomic E-state index is 11.6. The third kappa shape index (κ3) is 4.10. The Morgan fingerprint density at radius 3 is 2.16 bits per heavy atom. The maximum Gasteiger partial charge on any atom is 0.225 e. The van der Waals surface area contributed by atoms with E-state index in [1.54, 1.807) is 12.1 Å². The number of rotatable bonds is 4. The highest BCUT2D eigenvalue weighted by Gasteiger charge is 2.24. The molecule has 0 aliphatic carbocycles. The molecule has 1 aliphatic heterocycles. The highest BCUT2D eigenvalue weighted by molar-refractivity contribution is 7.90. The summed E-state index contributed by atoms with van der Waals surface area (Å²) in [6.07, 6.45) is 6.95. The van der Waals surface area contributed by atoms with Crippen LogP contribution in [0.2, 0.25) is 0 Å². The Bertz CT molecular complexity index is 811. The fourth-order valence-corrected chi connectivity index (χ4v) is 3.78. The summed E-state index contributed by atoms with van der Waals surface area (Å²) in [5.74, 6) is 0.765. The molecule has 1 fully saturated rings. The van der Waals surface area contributed by atoms with Gasteiger partial charge < -0.3 is 9.80 Å². The summed E-state index contributed by atoms with van der Waals surface area (Å²) in [6, 6.07) is 7.56. The van der Waals surface area contributed by atoms with Gasteiger partial charge in [0.15, 0.2) is 9.84 Å². The van der Waals surface area contributed by atoms with Crippen molar-refractivity contribution in [3.63, 3.8) is 0 Å². The topological polar surface area (TPSA) is 66.4 Å². The van der Waals surface area contributed by atoms with Gasteiger partial charge in [0.25, 0.3) is 0 Å². The van der Waals surface area contributed by atoms with Crippen molar-refractivity contribution >= 4 is 21.5 Å². The van der Waals surface area contributed by atoms with Gasteiger partial charge in [0.2, 0.25) is 5.95 Å². The van der Waals surface area contributed by atoms with E-state index in [1.165, 1.54) is 6.26 Å². The molecule has 2 aromatic rings. The van der Waals surface area contributed by atoms with E-state index in [4.69, 9.17) is 0 Å². The molecule has 0 saturated carbocycles. The van der Waals surface area contributed by atoms with Gasteiger partial charge in [-0.2, -0.15) is 0 Å². The summed E-state index contributed by atoms with van der Waals surface area (Å²) < 4.78 is 23.1. The summed E-state index contributed by atoms with van der Waals surface area (Å²) >= 11 is 0. The maximum atomic E-state index is 11.6. The number of nitrogens with zero attached hydrogens (tertiary/aromatic N) is 4. The molecule has 1 saturated heterocycles. The van der Waals surface area contributed by atoms with E-state index in [9.17, 15) is 8.42 Å². The first kappa shape index (κ1) is 17.7. The van der Waals surface area contributed by atoms with Gasteiger partial charge in [0.05, 0.1) is 4.90 Å². The summed E-state index contributed by atoms with van der Waals surface area (Å²) in [5, 5.41) is 0. The fraction of sp³-hybridized carbons (Fsp3) is 0.444. The third-order valence-corrected chi connectivity index (χ3v) is 5.85. The Hall–Kier alpha value is -2.15. The number of benzene rings is 1. The third-order valence-electron chi connectivity index (χ3n) is 4.73. The van der Waals surface area contributed by atoms with E-state index in [0.717, 1.165) is 43.1 Å². The van der Waals surface area contributed by atoms with Crippen LogP contribution in [0.5, 0.6) is 0 Å². The molecule has 1 aromatic heterocycles. The van der Waals surface area contributed by atoms with Crippen molar-refractivity contribution in [2.24, 2.45) is 0 Å². The van der Waals surface area contributed by atoms with Crippen LogP contribution in [-0.2, 0) is 9.84 Å². The molecule has 0 unspecified atom stereocenters. The van der Waals surface area contributed by atoms with Crippen molar-refractivity contribution in [1.29, 1.82) is 0 Å². The average molecular weight is 360 g/mol. The second kappa shape index (κ2) is 7.00. The SMILES string of the molecule is Cc1cnc(N(C)C2CCN(c3ccc(S(C)(=O)=O)cc3)CC2)nc1. The minimum Gasteiger partial charge on any atom is -0.371 e. The van der Waals surface area contributed by atoms with Gasteiger partial charge in [-0.15, -0.1) is 0 Å². The molecule has 0 amide bonds. The van der Waals surface area contributed by atoms with E-state index < -0.39 is 9.84 Å². The van der Waals surface area contributed by atoms with Crippen molar-refractivity contribution < 1.29 is 8.42 Å². The first-order chi connectivity index (χ1) is 11.8. The first-order valence-electron chi connectivity index (χ1n) is 8.41. The minimum atomic E-state index is -3.14. The van der Waals surface area contributed by atoms with Gasteiger partial charge in [-0.1, -0.05) is 0 Å². The number of aryl methyl sites for hydroxylation is 1. The zero-order valence-corrected chi connectivity index (χ0v) is 15.7. The summed E-state index contributed by atoms with van der Waals surface area (Å²) in [4.78, 5) is 13.6. The fourth-order valence-electron chi connectivity index (χ4n) is 3.15. The van der Waals surface area contributed by atoms with Crippen LogP contribution < -0.4 is 9.80 Å². The van der Waals surface area contributed by atoms with Crippen LogP contribution in [0.1, 0.15) is 18.4 Å². The van der Waals surface area contributed by atoms with E-state index in [1.807, 2.05) is 38.5 Å². The lowest BCUT2D eigenvalue weighted by Crippen LogP contribution is -2.44. The summed E-state index contributed by atoms with van der Waals surface area (Å²) in [6.45, 7) is 3.84. The lowest BCUT2D eigenvalue weighted by molar-refractivity contribution is 0.477. The molecular formula is C18H24N4O2S. The monoisotopic (exact) mass is 360 g/mol. The van der Waals surface area contributed by atoms with Crippen molar-refractivity contribution in [3.05, 3.63) is 42.2 Å². The van der Waals surface area contributed by atoms with E-state index >= 15 is 0 Å². The lowest BCUT2D eigenvalue weighted by Gasteiger charge is -2.37.